The van der Waals surface area contributed by atoms with E-state index in [-0.39, 0.29) is 0 Å². The second kappa shape index (κ2) is 3.61. The summed E-state index contributed by atoms with van der Waals surface area (Å²) in [5.74, 6) is 0. The molecule has 2 heteroatoms. The average molecular weight is 227 g/mol. The molecular formula is C10H12OSe. The van der Waals surface area contributed by atoms with Gasteiger partial charge in [0.05, 0.1) is 0 Å². The van der Waals surface area contributed by atoms with Crippen molar-refractivity contribution >= 4 is 19.4 Å². The SMILES string of the molecule is Cc1ccc([Se]CC2CO2)cc1. The van der Waals surface area contributed by atoms with Gasteiger partial charge >= 0.3 is 78.9 Å². The summed E-state index contributed by atoms with van der Waals surface area (Å²) in [4.78, 5) is 0. The van der Waals surface area contributed by atoms with Crippen molar-refractivity contribution in [1.29, 1.82) is 0 Å². The first kappa shape index (κ1) is 8.30. The average Bonchev–Trinajstić information content (AvgIpc) is 2.87. The van der Waals surface area contributed by atoms with E-state index in [4.69, 9.17) is 4.74 Å². The number of hydrogen-bond acceptors (Lipinski definition) is 1. The summed E-state index contributed by atoms with van der Waals surface area (Å²) in [6.45, 7) is 3.12. The molecule has 0 radical (unpaired) electrons. The minimum absolute atomic E-state index is 0.589. The van der Waals surface area contributed by atoms with Crippen molar-refractivity contribution in [2.24, 2.45) is 0 Å². The van der Waals surface area contributed by atoms with Crippen molar-refractivity contribution in [2.75, 3.05) is 6.61 Å². The van der Waals surface area contributed by atoms with Crippen molar-refractivity contribution in [3.8, 4) is 0 Å². The molecule has 2 rings (SSSR count). The third-order valence-corrected chi connectivity index (χ3v) is 4.26. The van der Waals surface area contributed by atoms with Crippen LogP contribution in [0.2, 0.25) is 5.32 Å². The van der Waals surface area contributed by atoms with Gasteiger partial charge in [-0.25, -0.2) is 0 Å². The molecule has 1 aromatic rings. The van der Waals surface area contributed by atoms with E-state index in [2.05, 4.69) is 31.2 Å². The van der Waals surface area contributed by atoms with Crippen LogP contribution < -0.4 is 4.46 Å². The Bertz CT molecular complexity index is 251. The number of hydrogen-bond donors (Lipinski definition) is 0. The van der Waals surface area contributed by atoms with E-state index in [1.807, 2.05) is 0 Å². The Morgan fingerprint density at radius 2 is 2.08 bits per heavy atom. The zero-order chi connectivity index (χ0) is 8.39. The molecule has 64 valence electrons. The second-order valence-corrected chi connectivity index (χ2v) is 5.37. The topological polar surface area (TPSA) is 12.5 Å². The van der Waals surface area contributed by atoms with Crippen molar-refractivity contribution < 1.29 is 4.74 Å². The maximum atomic E-state index is 5.17. The number of epoxide rings is 1. The number of ether oxygens (including phenoxy) is 1. The van der Waals surface area contributed by atoms with Crippen LogP contribution >= 0.6 is 0 Å². The van der Waals surface area contributed by atoms with Gasteiger partial charge in [0.2, 0.25) is 0 Å². The Morgan fingerprint density at radius 1 is 1.42 bits per heavy atom. The number of benzene rings is 1. The van der Waals surface area contributed by atoms with E-state index >= 15 is 0 Å². The molecule has 0 bridgehead atoms. The Morgan fingerprint density at radius 3 is 2.67 bits per heavy atom. The number of aryl methyl sites for hydroxylation is 1. The zero-order valence-electron chi connectivity index (χ0n) is 7.12. The van der Waals surface area contributed by atoms with Crippen LogP contribution in [0.3, 0.4) is 0 Å². The molecule has 1 unspecified atom stereocenters. The first-order valence-corrected chi connectivity index (χ1v) is 6.22. The molecule has 0 amide bonds. The first-order valence-electron chi connectivity index (χ1n) is 4.16. The normalized spacial score (nSPS) is 20.9. The number of rotatable bonds is 3. The summed E-state index contributed by atoms with van der Waals surface area (Å²) in [5.41, 5.74) is 1.34. The Kier molecular flexibility index (Phi) is 2.50. The van der Waals surface area contributed by atoms with Crippen molar-refractivity contribution in [1.82, 2.24) is 0 Å². The fraction of sp³-hybridized carbons (Fsp3) is 0.400. The fourth-order valence-corrected chi connectivity index (χ4v) is 2.87. The van der Waals surface area contributed by atoms with Gasteiger partial charge in [0.25, 0.3) is 0 Å². The molecule has 1 aromatic carbocycles. The summed E-state index contributed by atoms with van der Waals surface area (Å²) in [5, 5.41) is 1.25. The van der Waals surface area contributed by atoms with E-state index in [0.29, 0.717) is 21.1 Å². The van der Waals surface area contributed by atoms with Crippen LogP contribution in [0.15, 0.2) is 24.3 Å². The second-order valence-electron chi connectivity index (χ2n) is 3.08. The summed E-state index contributed by atoms with van der Waals surface area (Å²) in [7, 11) is 0. The molecular weight excluding hydrogens is 215 g/mol. The van der Waals surface area contributed by atoms with Crippen molar-refractivity contribution in [3.05, 3.63) is 29.8 Å². The van der Waals surface area contributed by atoms with Crippen LogP contribution in [0, 0.1) is 6.92 Å². The molecule has 1 nitrogen and oxygen atoms in total. The minimum atomic E-state index is 0.589. The van der Waals surface area contributed by atoms with Gasteiger partial charge < -0.3 is 0 Å². The molecule has 0 saturated carbocycles. The third kappa shape index (κ3) is 2.34. The van der Waals surface area contributed by atoms with Gasteiger partial charge in [0.15, 0.2) is 0 Å². The van der Waals surface area contributed by atoms with E-state index in [9.17, 15) is 0 Å². The Hall–Kier alpha value is -0.301. The van der Waals surface area contributed by atoms with E-state index < -0.39 is 0 Å². The van der Waals surface area contributed by atoms with Gasteiger partial charge in [-0.3, -0.25) is 0 Å². The Balaban J connectivity index is 1.89. The summed E-state index contributed by atoms with van der Waals surface area (Å²) in [6, 6.07) is 8.84. The molecule has 0 N–H and O–H groups in total. The summed E-state index contributed by atoms with van der Waals surface area (Å²) in [6.07, 6.45) is 0.589. The first-order chi connectivity index (χ1) is 5.84. The monoisotopic (exact) mass is 228 g/mol. The molecule has 12 heavy (non-hydrogen) atoms. The molecule has 1 aliphatic heterocycles. The molecule has 1 atom stereocenters. The van der Waals surface area contributed by atoms with Crippen molar-refractivity contribution in [3.63, 3.8) is 0 Å². The molecule has 0 aromatic heterocycles. The van der Waals surface area contributed by atoms with Gasteiger partial charge in [-0.05, 0) is 0 Å². The molecule has 1 fully saturated rings. The standard InChI is InChI=1S/C10H12OSe/c1-8-2-4-10(5-3-8)12-7-9-6-11-9/h2-5,9H,6-7H2,1H3. The van der Waals surface area contributed by atoms with Crippen LogP contribution in [0.5, 0.6) is 0 Å². The van der Waals surface area contributed by atoms with Crippen molar-refractivity contribution in [2.45, 2.75) is 18.3 Å². The van der Waals surface area contributed by atoms with Crippen LogP contribution in [-0.2, 0) is 4.74 Å². The third-order valence-electron chi connectivity index (χ3n) is 1.86. The van der Waals surface area contributed by atoms with E-state index in [0.717, 1.165) is 6.61 Å². The van der Waals surface area contributed by atoms with Gasteiger partial charge in [-0.15, -0.1) is 0 Å². The molecule has 1 saturated heterocycles. The maximum absolute atomic E-state index is 5.17. The van der Waals surface area contributed by atoms with E-state index in [1.54, 1.807) is 0 Å². The Labute approximate surface area is 79.3 Å². The van der Waals surface area contributed by atoms with E-state index in [1.165, 1.54) is 15.3 Å². The molecule has 1 aliphatic rings. The summed E-state index contributed by atoms with van der Waals surface area (Å²) < 4.78 is 6.66. The van der Waals surface area contributed by atoms with Crippen LogP contribution in [-0.4, -0.2) is 27.7 Å². The summed E-state index contributed by atoms with van der Waals surface area (Å²) >= 11 is 0.620. The van der Waals surface area contributed by atoms with Gasteiger partial charge in [-0.1, -0.05) is 0 Å². The quantitative estimate of drug-likeness (QED) is 0.557. The molecule has 0 aliphatic carbocycles. The van der Waals surface area contributed by atoms with Gasteiger partial charge in [0.1, 0.15) is 0 Å². The van der Waals surface area contributed by atoms with Gasteiger partial charge in [0, 0.05) is 0 Å². The molecule has 1 heterocycles. The fourth-order valence-electron chi connectivity index (χ4n) is 0.988. The zero-order valence-corrected chi connectivity index (χ0v) is 8.83. The van der Waals surface area contributed by atoms with Crippen LogP contribution in [0.4, 0.5) is 0 Å². The van der Waals surface area contributed by atoms with Crippen LogP contribution in [0.1, 0.15) is 5.56 Å². The van der Waals surface area contributed by atoms with Gasteiger partial charge in [-0.2, -0.15) is 0 Å². The van der Waals surface area contributed by atoms with Crippen LogP contribution in [0.25, 0.3) is 0 Å². The predicted octanol–water partition coefficient (Wildman–Crippen LogP) is 1.14. The predicted molar refractivity (Wildman–Crippen MR) is 51.1 cm³/mol. The molecule has 0 spiro atoms.